The van der Waals surface area contributed by atoms with Crippen LogP contribution in [0.15, 0.2) is 78.9 Å². The maximum absolute atomic E-state index is 8.63. The summed E-state index contributed by atoms with van der Waals surface area (Å²) in [6, 6.07) is 25.1. The molecule has 4 rings (SSSR count). The largest absolute Gasteiger partial charge is 0.508 e. The maximum atomic E-state index is 8.63. The Morgan fingerprint density at radius 2 is 1.09 bits per heavy atom. The molecule has 3 heteroatoms. The molecule has 0 spiro atoms. The van der Waals surface area contributed by atoms with E-state index in [9.17, 15) is 0 Å². The van der Waals surface area contributed by atoms with Crippen molar-refractivity contribution >= 4 is 0 Å². The molecule has 0 saturated heterocycles. The fourth-order valence-corrected chi connectivity index (χ4v) is 2.25. The Hall–Kier alpha value is -2.78. The molecule has 0 fully saturated rings. The van der Waals surface area contributed by atoms with Gasteiger partial charge in [0.1, 0.15) is 17.2 Å². The van der Waals surface area contributed by atoms with Gasteiger partial charge in [0, 0.05) is 6.42 Å². The van der Waals surface area contributed by atoms with Crippen LogP contribution in [0, 0.1) is 0 Å². The second-order valence-electron chi connectivity index (χ2n) is 4.83. The normalized spacial score (nSPS) is 10.7. The van der Waals surface area contributed by atoms with Gasteiger partial charge >= 0.3 is 0 Å². The number of hydrogen-bond acceptors (Lipinski definition) is 2. The second kappa shape index (κ2) is 7.29. The predicted octanol–water partition coefficient (Wildman–Crippen LogP) is 3.95. The lowest BCUT2D eigenvalue weighted by Crippen LogP contribution is -2.01. The van der Waals surface area contributed by atoms with Crippen LogP contribution >= 0.6 is 0 Å². The molecule has 0 saturated carbocycles. The minimum absolute atomic E-state index is 0. The van der Waals surface area contributed by atoms with Crippen molar-refractivity contribution in [3.63, 3.8) is 0 Å². The highest BCUT2D eigenvalue weighted by Crippen LogP contribution is 2.35. The standard InChI is InChI=1S/C13H10O.C6H6O.H2O/c1-3-7-12-10(5-1)9-11-6-2-4-8-13(11)14-12;7-6-4-2-1-3-5-6;/h1-8H,9H2;1-5,7H;1H2. The van der Waals surface area contributed by atoms with Crippen LogP contribution in [0.1, 0.15) is 11.1 Å². The zero-order chi connectivity index (χ0) is 14.5. The van der Waals surface area contributed by atoms with Crippen LogP contribution < -0.4 is 4.74 Å². The number of aromatic hydroxyl groups is 1. The molecule has 0 aromatic heterocycles. The van der Waals surface area contributed by atoms with Gasteiger partial charge < -0.3 is 15.3 Å². The van der Waals surface area contributed by atoms with Crippen LogP contribution in [0.4, 0.5) is 0 Å². The van der Waals surface area contributed by atoms with Gasteiger partial charge in [-0.05, 0) is 35.4 Å². The van der Waals surface area contributed by atoms with E-state index in [2.05, 4.69) is 24.3 Å². The van der Waals surface area contributed by atoms with Crippen LogP contribution in [-0.4, -0.2) is 10.6 Å². The predicted molar refractivity (Wildman–Crippen MR) is 87.5 cm³/mol. The summed E-state index contributed by atoms with van der Waals surface area (Å²) in [5.74, 6) is 2.31. The molecule has 3 aromatic carbocycles. The molecule has 3 N–H and O–H groups in total. The van der Waals surface area contributed by atoms with E-state index in [1.807, 2.05) is 30.3 Å². The van der Waals surface area contributed by atoms with Crippen molar-refractivity contribution < 1.29 is 15.3 Å². The highest BCUT2D eigenvalue weighted by molar-refractivity contribution is 5.49. The monoisotopic (exact) mass is 294 g/mol. The number of phenolic OH excluding ortho intramolecular Hbond substituents is 1. The van der Waals surface area contributed by atoms with Crippen molar-refractivity contribution in [1.82, 2.24) is 0 Å². The van der Waals surface area contributed by atoms with Gasteiger partial charge in [0.05, 0.1) is 0 Å². The van der Waals surface area contributed by atoms with E-state index in [4.69, 9.17) is 9.84 Å². The molecule has 0 aliphatic carbocycles. The van der Waals surface area contributed by atoms with Crippen LogP contribution in [0.5, 0.6) is 17.2 Å². The van der Waals surface area contributed by atoms with Crippen LogP contribution in [0.2, 0.25) is 0 Å². The third-order valence-corrected chi connectivity index (χ3v) is 3.30. The first-order chi connectivity index (χ1) is 10.3. The average Bonchev–Trinajstić information content (AvgIpc) is 2.54. The average molecular weight is 294 g/mol. The molecule has 3 nitrogen and oxygen atoms in total. The summed E-state index contributed by atoms with van der Waals surface area (Å²) in [6.07, 6.45) is 0.979. The lowest BCUT2D eigenvalue weighted by molar-refractivity contribution is 0.460. The molecule has 0 radical (unpaired) electrons. The zero-order valence-electron chi connectivity index (χ0n) is 12.1. The summed E-state index contributed by atoms with van der Waals surface area (Å²) in [4.78, 5) is 0. The first kappa shape index (κ1) is 15.6. The van der Waals surface area contributed by atoms with Crippen LogP contribution in [0.25, 0.3) is 0 Å². The van der Waals surface area contributed by atoms with Gasteiger partial charge in [-0.1, -0.05) is 54.6 Å². The molecule has 0 atom stereocenters. The van der Waals surface area contributed by atoms with Gasteiger partial charge in [-0.15, -0.1) is 0 Å². The van der Waals surface area contributed by atoms with Crippen molar-refractivity contribution in [3.05, 3.63) is 90.0 Å². The Bertz CT molecular complexity index is 636. The van der Waals surface area contributed by atoms with E-state index in [0.717, 1.165) is 17.9 Å². The zero-order valence-corrected chi connectivity index (χ0v) is 12.1. The first-order valence-electron chi connectivity index (χ1n) is 6.90. The summed E-state index contributed by atoms with van der Waals surface area (Å²) in [5, 5.41) is 8.63. The lowest BCUT2D eigenvalue weighted by atomic mass is 10.0. The summed E-state index contributed by atoms with van der Waals surface area (Å²) in [5.41, 5.74) is 2.54. The highest BCUT2D eigenvalue weighted by Gasteiger charge is 2.14. The molecule has 22 heavy (non-hydrogen) atoms. The van der Waals surface area contributed by atoms with E-state index < -0.39 is 0 Å². The second-order valence-corrected chi connectivity index (χ2v) is 4.83. The van der Waals surface area contributed by atoms with Crippen molar-refractivity contribution in [1.29, 1.82) is 0 Å². The van der Waals surface area contributed by atoms with Crippen molar-refractivity contribution in [2.24, 2.45) is 0 Å². The molecule has 0 bridgehead atoms. The van der Waals surface area contributed by atoms with E-state index in [-0.39, 0.29) is 5.48 Å². The quantitative estimate of drug-likeness (QED) is 0.534. The lowest BCUT2D eigenvalue weighted by Gasteiger charge is -2.19. The summed E-state index contributed by atoms with van der Waals surface area (Å²) >= 11 is 0. The molecular weight excluding hydrogens is 276 g/mol. The van der Waals surface area contributed by atoms with Crippen molar-refractivity contribution in [2.75, 3.05) is 0 Å². The smallest absolute Gasteiger partial charge is 0.130 e. The van der Waals surface area contributed by atoms with Gasteiger partial charge in [0.2, 0.25) is 0 Å². The summed E-state index contributed by atoms with van der Waals surface area (Å²) in [6.45, 7) is 0. The SMILES string of the molecule is O.Oc1ccccc1.c1ccc2c(c1)Cc1ccccc1O2. The molecule has 0 amide bonds. The van der Waals surface area contributed by atoms with Crippen molar-refractivity contribution in [3.8, 4) is 17.2 Å². The number of benzene rings is 3. The Balaban J connectivity index is 0.000000189. The number of fused-ring (bicyclic) bond motifs is 2. The molecular formula is C19H18O3. The van der Waals surface area contributed by atoms with E-state index in [1.54, 1.807) is 24.3 Å². The number of para-hydroxylation sites is 3. The van der Waals surface area contributed by atoms with Gasteiger partial charge in [-0.3, -0.25) is 0 Å². The summed E-state index contributed by atoms with van der Waals surface area (Å²) < 4.78 is 5.78. The third-order valence-electron chi connectivity index (χ3n) is 3.30. The minimum Gasteiger partial charge on any atom is -0.508 e. The highest BCUT2D eigenvalue weighted by atomic mass is 16.5. The maximum Gasteiger partial charge on any atom is 0.130 e. The summed E-state index contributed by atoms with van der Waals surface area (Å²) in [7, 11) is 0. The molecule has 0 unspecified atom stereocenters. The first-order valence-corrected chi connectivity index (χ1v) is 6.90. The van der Waals surface area contributed by atoms with Gasteiger partial charge in [0.25, 0.3) is 0 Å². The Morgan fingerprint density at radius 1 is 0.636 bits per heavy atom. The van der Waals surface area contributed by atoms with Crippen LogP contribution in [0.3, 0.4) is 0 Å². The number of rotatable bonds is 0. The van der Waals surface area contributed by atoms with Gasteiger partial charge in [0.15, 0.2) is 0 Å². The van der Waals surface area contributed by atoms with Gasteiger partial charge in [-0.25, -0.2) is 0 Å². The minimum atomic E-state index is 0. The molecule has 1 heterocycles. The Labute approximate surface area is 129 Å². The number of ether oxygens (including phenoxy) is 1. The Kier molecular flexibility index (Phi) is 5.17. The van der Waals surface area contributed by atoms with E-state index >= 15 is 0 Å². The van der Waals surface area contributed by atoms with E-state index in [0.29, 0.717) is 5.75 Å². The topological polar surface area (TPSA) is 61.0 Å². The van der Waals surface area contributed by atoms with Crippen LogP contribution in [-0.2, 0) is 6.42 Å². The molecule has 112 valence electrons. The number of hydrogen-bond donors (Lipinski definition) is 1. The van der Waals surface area contributed by atoms with Crippen molar-refractivity contribution in [2.45, 2.75) is 6.42 Å². The van der Waals surface area contributed by atoms with Gasteiger partial charge in [-0.2, -0.15) is 0 Å². The third kappa shape index (κ3) is 3.65. The van der Waals surface area contributed by atoms with E-state index in [1.165, 1.54) is 11.1 Å². The molecule has 1 aliphatic rings. The Morgan fingerprint density at radius 3 is 1.55 bits per heavy atom. The number of phenols is 1. The molecule has 3 aromatic rings. The fraction of sp³-hybridized carbons (Fsp3) is 0.0526. The fourth-order valence-electron chi connectivity index (χ4n) is 2.25. The molecule has 1 aliphatic heterocycles.